The number of rotatable bonds is 4. The Hall–Kier alpha value is -2.07. The molecule has 1 aromatic heterocycles. The summed E-state index contributed by atoms with van der Waals surface area (Å²) in [5.74, 6) is 0. The van der Waals surface area contributed by atoms with Crippen LogP contribution in [0, 0.1) is 23.7 Å². The summed E-state index contributed by atoms with van der Waals surface area (Å²) in [5, 5.41) is 9.14. The summed E-state index contributed by atoms with van der Waals surface area (Å²) in [5.41, 5.74) is 5.25. The minimum atomic E-state index is -4.26. The number of alkyl halides is 3. The van der Waals surface area contributed by atoms with Crippen LogP contribution in [0.3, 0.4) is 0 Å². The monoisotopic (exact) mass is 342 g/mol. The smallest absolute Gasteiger partial charge is 0.396 e. The molecular weight excluding hydrogens is 329 g/mol. The maximum atomic E-state index is 12.9. The lowest BCUT2D eigenvalue weighted by atomic mass is 10.1. The van der Waals surface area contributed by atoms with Gasteiger partial charge in [-0.25, -0.2) is 4.98 Å². The molecule has 23 heavy (non-hydrogen) atoms. The summed E-state index contributed by atoms with van der Waals surface area (Å²) in [6.07, 6.45) is -1.67. The highest BCUT2D eigenvalue weighted by molar-refractivity contribution is 6.32. The fourth-order valence-corrected chi connectivity index (χ4v) is 2.39. The summed E-state index contributed by atoms with van der Waals surface area (Å²) in [4.78, 5) is 7.90. The van der Waals surface area contributed by atoms with Crippen molar-refractivity contribution in [3.05, 3.63) is 34.2 Å². The average molecular weight is 343 g/mol. The molecule has 0 bridgehead atoms. The molecule has 1 fully saturated rings. The van der Waals surface area contributed by atoms with Gasteiger partial charge in [0.05, 0.1) is 23.2 Å². The first kappa shape index (κ1) is 17.3. The average Bonchev–Trinajstić information content (AvgIpc) is 3.25. The summed E-state index contributed by atoms with van der Waals surface area (Å²) >= 11 is 6.03. The first-order chi connectivity index (χ1) is 10.7. The van der Waals surface area contributed by atoms with E-state index in [0.29, 0.717) is 22.4 Å². The lowest BCUT2D eigenvalue weighted by Gasteiger charge is -2.16. The predicted molar refractivity (Wildman–Crippen MR) is 81.9 cm³/mol. The molecule has 2 N–H and O–H groups in total. The molecule has 0 unspecified atom stereocenters. The third-order valence-electron chi connectivity index (χ3n) is 3.86. The van der Waals surface area contributed by atoms with Crippen LogP contribution in [0.2, 0.25) is 5.15 Å². The number of nitriles is 1. The minimum absolute atomic E-state index is 0.0843. The van der Waals surface area contributed by atoms with Crippen LogP contribution in [0.25, 0.3) is 5.57 Å². The fourth-order valence-electron chi connectivity index (χ4n) is 2.09. The van der Waals surface area contributed by atoms with Crippen LogP contribution in [0.5, 0.6) is 0 Å². The van der Waals surface area contributed by atoms with Crippen molar-refractivity contribution in [1.82, 2.24) is 4.98 Å². The van der Waals surface area contributed by atoms with Gasteiger partial charge < -0.3 is 5.73 Å². The predicted octanol–water partition coefficient (Wildman–Crippen LogP) is 3.63. The van der Waals surface area contributed by atoms with Crippen LogP contribution in [0.4, 0.5) is 13.2 Å². The highest BCUT2D eigenvalue weighted by Crippen LogP contribution is 2.57. The Balaban J connectivity index is 2.22. The van der Waals surface area contributed by atoms with Gasteiger partial charge in [-0.2, -0.15) is 18.4 Å². The normalized spacial score (nSPS) is 17.3. The van der Waals surface area contributed by atoms with Crippen LogP contribution in [0.1, 0.15) is 29.7 Å². The first-order valence-electron chi connectivity index (χ1n) is 6.80. The van der Waals surface area contributed by atoms with Crippen LogP contribution in [-0.2, 0) is 0 Å². The third kappa shape index (κ3) is 3.48. The number of nitrogens with zero attached hydrogens (tertiary/aromatic N) is 3. The van der Waals surface area contributed by atoms with Gasteiger partial charge in [-0.3, -0.25) is 4.99 Å². The Morgan fingerprint density at radius 2 is 2.22 bits per heavy atom. The molecule has 1 heterocycles. The van der Waals surface area contributed by atoms with Gasteiger partial charge in [-0.1, -0.05) is 11.6 Å². The standard InChI is InChI=1S/C15H14ClF3N4/c1-9-10(5-20)4-12(13(16)23-9)11(6-21)7-22-8-14(2-3-14)15(17,18)19/h4,6-7H,2-3,8,21H2,1H3/b11-6+,22-7?. The SMILES string of the molecule is Cc1nc(Cl)c(/C(C=NCC2(C(F)(F)F)CC2)=C/N)cc1C#N. The molecule has 0 aromatic carbocycles. The van der Waals surface area contributed by atoms with Crippen LogP contribution in [0.15, 0.2) is 17.3 Å². The molecule has 0 aliphatic heterocycles. The van der Waals surface area contributed by atoms with Crippen LogP contribution < -0.4 is 5.73 Å². The number of aliphatic imine (C=N–C) groups is 1. The van der Waals surface area contributed by atoms with Gasteiger partial charge in [0.1, 0.15) is 11.2 Å². The second kappa shape index (κ2) is 6.20. The van der Waals surface area contributed by atoms with E-state index in [2.05, 4.69) is 9.98 Å². The van der Waals surface area contributed by atoms with E-state index in [1.165, 1.54) is 18.5 Å². The number of nitrogens with two attached hydrogens (primary N) is 1. The summed E-state index contributed by atoms with van der Waals surface area (Å²) < 4.78 is 38.6. The second-order valence-electron chi connectivity index (χ2n) is 5.44. The maximum Gasteiger partial charge on any atom is 0.396 e. The highest BCUT2D eigenvalue weighted by atomic mass is 35.5. The Morgan fingerprint density at radius 1 is 1.57 bits per heavy atom. The van der Waals surface area contributed by atoms with Gasteiger partial charge in [-0.15, -0.1) is 0 Å². The van der Waals surface area contributed by atoms with E-state index in [9.17, 15) is 13.2 Å². The Morgan fingerprint density at radius 3 is 2.70 bits per heavy atom. The molecule has 0 radical (unpaired) electrons. The molecule has 4 nitrogen and oxygen atoms in total. The van der Waals surface area contributed by atoms with Gasteiger partial charge in [0.2, 0.25) is 0 Å². The number of pyridine rings is 1. The largest absolute Gasteiger partial charge is 0.404 e. The number of halogens is 4. The molecule has 1 aromatic rings. The van der Waals surface area contributed by atoms with E-state index in [1.807, 2.05) is 6.07 Å². The van der Waals surface area contributed by atoms with Crippen molar-refractivity contribution in [2.75, 3.05) is 6.54 Å². The van der Waals surface area contributed by atoms with E-state index in [1.54, 1.807) is 6.92 Å². The number of aromatic nitrogens is 1. The number of hydrogen-bond acceptors (Lipinski definition) is 4. The molecular formula is C15H14ClF3N4. The van der Waals surface area contributed by atoms with Gasteiger partial charge in [0.15, 0.2) is 0 Å². The van der Waals surface area contributed by atoms with E-state index in [4.69, 9.17) is 22.6 Å². The molecule has 0 spiro atoms. The number of allylic oxidation sites excluding steroid dienone is 1. The molecule has 0 amide bonds. The zero-order valence-electron chi connectivity index (χ0n) is 12.3. The van der Waals surface area contributed by atoms with Crippen LogP contribution >= 0.6 is 11.6 Å². The van der Waals surface area contributed by atoms with Crippen molar-refractivity contribution in [2.24, 2.45) is 16.1 Å². The summed E-state index contributed by atoms with van der Waals surface area (Å²) in [6.45, 7) is 1.28. The summed E-state index contributed by atoms with van der Waals surface area (Å²) in [7, 11) is 0. The molecule has 2 rings (SSSR count). The van der Waals surface area contributed by atoms with Gasteiger partial charge in [0.25, 0.3) is 0 Å². The number of hydrogen-bond donors (Lipinski definition) is 1. The lowest BCUT2D eigenvalue weighted by molar-refractivity contribution is -0.183. The van der Waals surface area contributed by atoms with Crippen LogP contribution in [-0.4, -0.2) is 23.9 Å². The van der Waals surface area contributed by atoms with Crippen molar-refractivity contribution in [3.63, 3.8) is 0 Å². The zero-order valence-corrected chi connectivity index (χ0v) is 13.0. The molecule has 122 valence electrons. The Labute approximate surface area is 136 Å². The summed E-state index contributed by atoms with van der Waals surface area (Å²) in [6, 6.07) is 3.46. The Bertz CT molecular complexity index is 713. The quantitative estimate of drug-likeness (QED) is 0.670. The molecule has 1 saturated carbocycles. The van der Waals surface area contributed by atoms with Gasteiger partial charge in [-0.05, 0) is 25.8 Å². The van der Waals surface area contributed by atoms with Crippen molar-refractivity contribution < 1.29 is 13.2 Å². The van der Waals surface area contributed by atoms with Crippen molar-refractivity contribution in [1.29, 1.82) is 5.26 Å². The third-order valence-corrected chi connectivity index (χ3v) is 4.14. The molecule has 0 saturated heterocycles. The Kier molecular flexibility index (Phi) is 4.66. The first-order valence-corrected chi connectivity index (χ1v) is 7.18. The zero-order chi connectivity index (χ0) is 17.3. The van der Waals surface area contributed by atoms with E-state index in [-0.39, 0.29) is 24.5 Å². The lowest BCUT2D eigenvalue weighted by Crippen LogP contribution is -2.27. The molecule has 8 heteroatoms. The van der Waals surface area contributed by atoms with E-state index < -0.39 is 11.6 Å². The van der Waals surface area contributed by atoms with Gasteiger partial charge in [0, 0.05) is 23.6 Å². The molecule has 1 aliphatic carbocycles. The van der Waals surface area contributed by atoms with E-state index in [0.717, 1.165) is 0 Å². The molecule has 1 aliphatic rings. The van der Waals surface area contributed by atoms with E-state index >= 15 is 0 Å². The van der Waals surface area contributed by atoms with Gasteiger partial charge >= 0.3 is 6.18 Å². The van der Waals surface area contributed by atoms with Crippen molar-refractivity contribution in [2.45, 2.75) is 25.9 Å². The fraction of sp³-hybridized carbons (Fsp3) is 0.400. The minimum Gasteiger partial charge on any atom is -0.404 e. The molecule has 0 atom stereocenters. The second-order valence-corrected chi connectivity index (χ2v) is 5.80. The maximum absolute atomic E-state index is 12.9. The van der Waals surface area contributed by atoms with Crippen molar-refractivity contribution >= 4 is 23.4 Å². The topological polar surface area (TPSA) is 75.1 Å². The number of aryl methyl sites for hydroxylation is 1. The van der Waals surface area contributed by atoms with Crippen molar-refractivity contribution in [3.8, 4) is 6.07 Å². The highest BCUT2D eigenvalue weighted by Gasteiger charge is 2.62.